The molecule has 0 saturated heterocycles. The maximum atomic E-state index is 12.6. The molecule has 2 aromatic carbocycles. The Labute approximate surface area is 193 Å². The van der Waals surface area contributed by atoms with Crippen LogP contribution < -0.4 is 10.1 Å². The van der Waals surface area contributed by atoms with E-state index in [4.69, 9.17) is 4.74 Å². The highest BCUT2D eigenvalue weighted by atomic mass is 19.4. The number of hydrogen-bond acceptors (Lipinski definition) is 4. The van der Waals surface area contributed by atoms with Gasteiger partial charge >= 0.3 is 6.18 Å². The third-order valence-electron chi connectivity index (χ3n) is 4.92. The van der Waals surface area contributed by atoms with E-state index in [0.29, 0.717) is 16.9 Å². The second kappa shape index (κ2) is 10.2. The number of hydrogen-bond donors (Lipinski definition) is 1. The number of pyridine rings is 2. The van der Waals surface area contributed by atoms with Gasteiger partial charge in [0, 0.05) is 23.4 Å². The average molecular weight is 463 g/mol. The summed E-state index contributed by atoms with van der Waals surface area (Å²) in [5, 5.41) is 2.97. The number of halogens is 3. The highest BCUT2D eigenvalue weighted by Gasteiger charge is 2.28. The van der Waals surface area contributed by atoms with E-state index in [1.54, 1.807) is 36.4 Å². The van der Waals surface area contributed by atoms with Gasteiger partial charge in [-0.1, -0.05) is 36.4 Å². The number of nitrogens with zero attached hydrogens (tertiary/aromatic N) is 2. The van der Waals surface area contributed by atoms with E-state index in [1.807, 2.05) is 41.7 Å². The molecule has 4 rings (SSSR count). The van der Waals surface area contributed by atoms with Gasteiger partial charge in [0.2, 0.25) is 0 Å². The van der Waals surface area contributed by atoms with Crippen LogP contribution in [0.2, 0.25) is 0 Å². The Balaban J connectivity index is 1.50. The van der Waals surface area contributed by atoms with Crippen LogP contribution in [0.4, 0.5) is 13.2 Å². The fraction of sp³-hybridized carbons (Fsp3) is 0.115. The Bertz CT molecular complexity index is 1300. The molecular formula is C26H20F3N3O2. The summed E-state index contributed by atoms with van der Waals surface area (Å²) in [6.07, 6.45) is 0.0812. The molecule has 0 aliphatic heterocycles. The van der Waals surface area contributed by atoms with Gasteiger partial charge < -0.3 is 10.1 Å². The summed E-state index contributed by atoms with van der Waals surface area (Å²) < 4.78 is 43.6. The van der Waals surface area contributed by atoms with Crippen LogP contribution in [0, 0.1) is 0 Å². The third-order valence-corrected chi connectivity index (χ3v) is 4.92. The number of amides is 1. The van der Waals surface area contributed by atoms with Gasteiger partial charge in [-0.3, -0.25) is 9.78 Å². The van der Waals surface area contributed by atoms with Crippen LogP contribution in [0.3, 0.4) is 0 Å². The smallest absolute Gasteiger partial charge is 0.405 e. The van der Waals surface area contributed by atoms with Gasteiger partial charge in [0.05, 0.1) is 11.2 Å². The van der Waals surface area contributed by atoms with Crippen LogP contribution in [0.1, 0.15) is 16.8 Å². The van der Waals surface area contributed by atoms with Crippen molar-refractivity contribution in [1.82, 2.24) is 15.3 Å². The first-order chi connectivity index (χ1) is 16.4. The molecule has 0 atom stereocenters. The Morgan fingerprint density at radius 3 is 2.41 bits per heavy atom. The summed E-state index contributed by atoms with van der Waals surface area (Å²) in [6, 6.07) is 21.5. The second-order valence-electron chi connectivity index (χ2n) is 7.44. The molecule has 0 radical (unpaired) electrons. The summed E-state index contributed by atoms with van der Waals surface area (Å²) in [6.45, 7) is -1.17. The van der Waals surface area contributed by atoms with Gasteiger partial charge in [0.25, 0.3) is 5.91 Å². The van der Waals surface area contributed by atoms with Crippen molar-refractivity contribution in [3.63, 3.8) is 0 Å². The number of benzene rings is 2. The molecule has 5 nitrogen and oxygen atoms in total. The van der Waals surface area contributed by atoms with Gasteiger partial charge in [-0.25, -0.2) is 4.98 Å². The number of rotatable bonds is 7. The molecule has 4 aromatic rings. The summed E-state index contributed by atoms with van der Waals surface area (Å²) >= 11 is 0. The highest BCUT2D eigenvalue weighted by molar-refractivity contribution is 6.24. The largest absolute Gasteiger partial charge is 0.487 e. The van der Waals surface area contributed by atoms with Crippen molar-refractivity contribution in [2.24, 2.45) is 0 Å². The molecule has 0 bridgehead atoms. The monoisotopic (exact) mass is 463 g/mol. The topological polar surface area (TPSA) is 64.1 Å². The summed E-state index contributed by atoms with van der Waals surface area (Å²) in [5.41, 5.74) is 2.81. The quantitative estimate of drug-likeness (QED) is 0.372. The zero-order valence-corrected chi connectivity index (χ0v) is 17.9. The van der Waals surface area contributed by atoms with Crippen molar-refractivity contribution in [1.29, 1.82) is 0 Å². The van der Waals surface area contributed by atoms with E-state index < -0.39 is 18.6 Å². The minimum atomic E-state index is -4.51. The molecule has 0 saturated carbocycles. The standard InChI is InChI=1S/C26H20F3N3O2/c27-26(28,29)17-31-25(33)23(15-18-11-13-30-14-12-18)19-6-9-22(10-7-19)34-16-21-8-5-20-3-1-2-4-24(20)32-21/h1-15H,16-17H2,(H,31,33)/b23-15+. The maximum absolute atomic E-state index is 12.6. The van der Waals surface area contributed by atoms with E-state index in [1.165, 1.54) is 18.5 Å². The van der Waals surface area contributed by atoms with Gasteiger partial charge in [0.15, 0.2) is 0 Å². The molecule has 2 aromatic heterocycles. The third kappa shape index (κ3) is 6.19. The zero-order valence-electron chi connectivity index (χ0n) is 17.9. The van der Waals surface area contributed by atoms with E-state index in [-0.39, 0.29) is 12.2 Å². The molecule has 34 heavy (non-hydrogen) atoms. The van der Waals surface area contributed by atoms with E-state index >= 15 is 0 Å². The molecule has 1 amide bonds. The minimum Gasteiger partial charge on any atom is -0.487 e. The number of fused-ring (bicyclic) bond motifs is 1. The van der Waals surface area contributed by atoms with Crippen molar-refractivity contribution >= 4 is 28.5 Å². The summed E-state index contributed by atoms with van der Waals surface area (Å²) in [7, 11) is 0. The van der Waals surface area contributed by atoms with Crippen LogP contribution in [0.5, 0.6) is 5.75 Å². The van der Waals surface area contributed by atoms with Gasteiger partial charge in [-0.15, -0.1) is 0 Å². The van der Waals surface area contributed by atoms with Crippen LogP contribution >= 0.6 is 0 Å². The summed E-state index contributed by atoms with van der Waals surface area (Å²) in [4.78, 5) is 21.0. The molecule has 2 heterocycles. The van der Waals surface area contributed by atoms with Gasteiger partial charge in [0.1, 0.15) is 18.9 Å². The Morgan fingerprint density at radius 2 is 1.68 bits per heavy atom. The molecule has 0 aliphatic rings. The predicted molar refractivity (Wildman–Crippen MR) is 124 cm³/mol. The van der Waals surface area contributed by atoms with Crippen LogP contribution in [0.25, 0.3) is 22.6 Å². The lowest BCUT2D eigenvalue weighted by Gasteiger charge is -2.12. The van der Waals surface area contributed by atoms with E-state index in [9.17, 15) is 18.0 Å². The fourth-order valence-electron chi connectivity index (χ4n) is 3.26. The highest BCUT2D eigenvalue weighted by Crippen LogP contribution is 2.23. The minimum absolute atomic E-state index is 0.0956. The lowest BCUT2D eigenvalue weighted by atomic mass is 10.0. The van der Waals surface area contributed by atoms with Crippen LogP contribution in [0.15, 0.2) is 85.2 Å². The predicted octanol–water partition coefficient (Wildman–Crippen LogP) is 5.43. The molecule has 1 N–H and O–H groups in total. The maximum Gasteiger partial charge on any atom is 0.405 e. The van der Waals surface area contributed by atoms with E-state index in [2.05, 4.69) is 9.97 Å². The molecule has 172 valence electrons. The van der Waals surface area contributed by atoms with Crippen LogP contribution in [-0.2, 0) is 11.4 Å². The molecule has 0 spiro atoms. The molecule has 0 unspecified atom stereocenters. The normalized spacial score (nSPS) is 11.9. The SMILES string of the molecule is O=C(NCC(F)(F)F)/C(=C/c1ccncc1)c1ccc(OCc2ccc3ccccc3n2)cc1. The lowest BCUT2D eigenvalue weighted by Crippen LogP contribution is -2.34. The van der Waals surface area contributed by atoms with Crippen molar-refractivity contribution in [3.05, 3.63) is 102 Å². The number of carbonyl (C=O) groups excluding carboxylic acids is 1. The van der Waals surface area contributed by atoms with E-state index in [0.717, 1.165) is 16.6 Å². The molecule has 0 aliphatic carbocycles. The van der Waals surface area contributed by atoms with Gasteiger partial charge in [-0.05, 0) is 53.6 Å². The number of aromatic nitrogens is 2. The Hall–Kier alpha value is -4.20. The lowest BCUT2D eigenvalue weighted by molar-refractivity contribution is -0.135. The number of alkyl halides is 3. The van der Waals surface area contributed by atoms with Gasteiger partial charge in [-0.2, -0.15) is 13.2 Å². The second-order valence-corrected chi connectivity index (χ2v) is 7.44. The molecule has 8 heteroatoms. The Morgan fingerprint density at radius 1 is 0.941 bits per heavy atom. The number of carbonyl (C=O) groups is 1. The average Bonchev–Trinajstić information content (AvgIpc) is 2.85. The number of ether oxygens (including phenoxy) is 1. The first-order valence-electron chi connectivity index (χ1n) is 10.4. The van der Waals surface area contributed by atoms with Crippen molar-refractivity contribution in [3.8, 4) is 5.75 Å². The number of para-hydroxylation sites is 1. The number of nitrogens with one attached hydrogen (secondary N) is 1. The van der Waals surface area contributed by atoms with Crippen LogP contribution in [-0.4, -0.2) is 28.6 Å². The van der Waals surface area contributed by atoms with Crippen molar-refractivity contribution in [2.75, 3.05) is 6.54 Å². The summed E-state index contributed by atoms with van der Waals surface area (Å²) in [5.74, 6) is -0.291. The zero-order chi connectivity index (χ0) is 24.0. The first kappa shape index (κ1) is 23.0. The first-order valence-corrected chi connectivity index (χ1v) is 10.4. The molecular weight excluding hydrogens is 443 g/mol. The Kier molecular flexibility index (Phi) is 6.87. The molecule has 0 fully saturated rings. The van der Waals surface area contributed by atoms with Crippen molar-refractivity contribution < 1.29 is 22.7 Å². The van der Waals surface area contributed by atoms with Crippen molar-refractivity contribution in [2.45, 2.75) is 12.8 Å². The fourth-order valence-corrected chi connectivity index (χ4v) is 3.26.